The van der Waals surface area contributed by atoms with Gasteiger partial charge in [-0.1, -0.05) is 47.7 Å². The van der Waals surface area contributed by atoms with E-state index in [1.807, 2.05) is 54.6 Å². The third-order valence-electron chi connectivity index (χ3n) is 4.07. The van der Waals surface area contributed by atoms with Crippen molar-refractivity contribution in [3.05, 3.63) is 77.1 Å². The quantitative estimate of drug-likeness (QED) is 0.398. The molecule has 0 aliphatic carbocycles. The Hall–Kier alpha value is -3.45. The van der Waals surface area contributed by atoms with Gasteiger partial charge in [-0.2, -0.15) is 0 Å². The molecule has 2 aromatic carbocycles. The molecule has 0 aliphatic heterocycles. The second-order valence-corrected chi connectivity index (χ2v) is 6.76. The van der Waals surface area contributed by atoms with Crippen molar-refractivity contribution in [1.82, 2.24) is 9.97 Å². The summed E-state index contributed by atoms with van der Waals surface area (Å²) in [6.07, 6.45) is 1.66. The zero-order valence-corrected chi connectivity index (χ0v) is 15.2. The number of aromatic amines is 1. The minimum atomic E-state index is -0.595. The molecule has 0 radical (unpaired) electrons. The third kappa shape index (κ3) is 3.20. The lowest BCUT2D eigenvalue weighted by Gasteiger charge is -2.04. The number of carbonyl (C=O) groups excluding carboxylic acids is 2. The van der Waals surface area contributed by atoms with Crippen LogP contribution in [0.5, 0.6) is 0 Å². The van der Waals surface area contributed by atoms with E-state index in [9.17, 15) is 9.59 Å². The predicted molar refractivity (Wildman–Crippen MR) is 105 cm³/mol. The van der Waals surface area contributed by atoms with Crippen molar-refractivity contribution in [3.63, 3.8) is 0 Å². The average Bonchev–Trinajstić information content (AvgIpc) is 3.32. The van der Waals surface area contributed by atoms with Crippen LogP contribution in [0.1, 0.15) is 25.9 Å². The molecule has 6 nitrogen and oxygen atoms in total. The van der Waals surface area contributed by atoms with Crippen LogP contribution in [0.4, 0.5) is 10.7 Å². The molecule has 0 saturated heterocycles. The maximum atomic E-state index is 13.0. The van der Waals surface area contributed by atoms with Crippen molar-refractivity contribution in [2.75, 3.05) is 12.4 Å². The summed E-state index contributed by atoms with van der Waals surface area (Å²) in [6.45, 7) is 0. The van der Waals surface area contributed by atoms with Crippen LogP contribution < -0.4 is 5.32 Å². The van der Waals surface area contributed by atoms with E-state index in [4.69, 9.17) is 4.74 Å². The van der Waals surface area contributed by atoms with E-state index < -0.39 is 5.97 Å². The molecule has 0 unspecified atom stereocenters. The third-order valence-corrected chi connectivity index (χ3v) is 5.04. The van der Waals surface area contributed by atoms with Crippen LogP contribution >= 0.6 is 11.3 Å². The molecule has 0 saturated carbocycles. The molecule has 0 spiro atoms. The van der Waals surface area contributed by atoms with Gasteiger partial charge in [-0.05, 0) is 18.2 Å². The van der Waals surface area contributed by atoms with E-state index >= 15 is 0 Å². The number of aromatic nitrogens is 2. The smallest absolute Gasteiger partial charge is 0.359 e. The summed E-state index contributed by atoms with van der Waals surface area (Å²) in [5, 5.41) is 4.64. The Kier molecular flexibility index (Phi) is 4.43. The van der Waals surface area contributed by atoms with E-state index in [1.165, 1.54) is 7.11 Å². The summed E-state index contributed by atoms with van der Waals surface area (Å²) < 4.78 is 4.82. The zero-order chi connectivity index (χ0) is 18.8. The molecule has 2 aromatic heterocycles. The highest BCUT2D eigenvalue weighted by Crippen LogP contribution is 2.31. The summed E-state index contributed by atoms with van der Waals surface area (Å²) in [4.78, 5) is 32.5. The number of hydrogen-bond acceptors (Lipinski definition) is 6. The van der Waals surface area contributed by atoms with Gasteiger partial charge in [0.2, 0.25) is 5.78 Å². The van der Waals surface area contributed by atoms with Gasteiger partial charge in [-0.3, -0.25) is 4.79 Å². The largest absolute Gasteiger partial charge is 0.464 e. The lowest BCUT2D eigenvalue weighted by atomic mass is 10.1. The summed E-state index contributed by atoms with van der Waals surface area (Å²) >= 11 is 1.13. The minimum absolute atomic E-state index is 0.0922. The number of nitrogens with zero attached hydrogens (tertiary/aromatic N) is 1. The Balaban J connectivity index is 1.74. The number of esters is 1. The number of para-hydroxylation sites is 2. The molecule has 0 bridgehead atoms. The number of rotatable bonds is 5. The molecular weight excluding hydrogens is 362 g/mol. The molecule has 4 rings (SSSR count). The number of nitrogens with one attached hydrogen (secondary N) is 2. The average molecular weight is 377 g/mol. The van der Waals surface area contributed by atoms with Gasteiger partial charge in [0.1, 0.15) is 5.00 Å². The molecule has 4 aromatic rings. The van der Waals surface area contributed by atoms with Crippen molar-refractivity contribution in [2.24, 2.45) is 0 Å². The van der Waals surface area contributed by atoms with E-state index in [-0.39, 0.29) is 16.5 Å². The highest BCUT2D eigenvalue weighted by atomic mass is 32.1. The van der Waals surface area contributed by atoms with Crippen molar-refractivity contribution >= 4 is 44.7 Å². The molecule has 2 N–H and O–H groups in total. The normalized spacial score (nSPS) is 10.7. The van der Waals surface area contributed by atoms with Crippen molar-refractivity contribution < 1.29 is 14.3 Å². The van der Waals surface area contributed by atoms with E-state index in [0.717, 1.165) is 27.9 Å². The van der Waals surface area contributed by atoms with Gasteiger partial charge in [-0.15, -0.1) is 0 Å². The number of methoxy groups -OCH3 is 1. The highest BCUT2D eigenvalue weighted by molar-refractivity contribution is 7.18. The second kappa shape index (κ2) is 7.05. The molecule has 0 atom stereocenters. The van der Waals surface area contributed by atoms with Crippen LogP contribution in [0.25, 0.3) is 10.9 Å². The summed E-state index contributed by atoms with van der Waals surface area (Å²) in [5.41, 5.74) is 2.27. The number of carbonyl (C=O) groups is 2. The fourth-order valence-corrected chi connectivity index (χ4v) is 3.69. The molecule has 0 fully saturated rings. The van der Waals surface area contributed by atoms with Crippen LogP contribution in [-0.4, -0.2) is 28.8 Å². The molecule has 7 heteroatoms. The van der Waals surface area contributed by atoms with Crippen LogP contribution in [0.15, 0.2) is 60.8 Å². The molecule has 0 aliphatic rings. The number of H-pyrrole nitrogens is 1. The fourth-order valence-electron chi connectivity index (χ4n) is 2.76. The summed E-state index contributed by atoms with van der Waals surface area (Å²) in [7, 11) is 1.29. The standard InChI is InChI=1S/C20H15N3O3S/c1-26-20(25)16-18(22-12-7-3-2-4-8-12)27-19(23-16)17(24)14-11-21-15-10-6-5-9-13(14)15/h2-11,21-22H,1H3. The molecule has 27 heavy (non-hydrogen) atoms. The monoisotopic (exact) mass is 377 g/mol. The Morgan fingerprint density at radius 2 is 1.81 bits per heavy atom. The van der Waals surface area contributed by atoms with E-state index in [2.05, 4.69) is 15.3 Å². The van der Waals surface area contributed by atoms with Crippen molar-refractivity contribution in [2.45, 2.75) is 0 Å². The first-order valence-corrected chi connectivity index (χ1v) is 9.01. The maximum Gasteiger partial charge on any atom is 0.359 e. The SMILES string of the molecule is COC(=O)c1nc(C(=O)c2c[nH]c3ccccc23)sc1Nc1ccccc1. The van der Waals surface area contributed by atoms with Crippen LogP contribution in [-0.2, 0) is 4.74 Å². The minimum Gasteiger partial charge on any atom is -0.464 e. The van der Waals surface area contributed by atoms with Crippen molar-refractivity contribution in [1.29, 1.82) is 0 Å². The predicted octanol–water partition coefficient (Wildman–Crippen LogP) is 4.39. The number of fused-ring (bicyclic) bond motifs is 1. The Morgan fingerprint density at radius 1 is 1.07 bits per heavy atom. The fraction of sp³-hybridized carbons (Fsp3) is 0.0500. The Morgan fingerprint density at radius 3 is 2.59 bits per heavy atom. The topological polar surface area (TPSA) is 84.1 Å². The van der Waals surface area contributed by atoms with Crippen LogP contribution in [0.3, 0.4) is 0 Å². The number of ketones is 1. The molecule has 134 valence electrons. The lowest BCUT2D eigenvalue weighted by molar-refractivity contribution is 0.0596. The van der Waals surface area contributed by atoms with Gasteiger partial charge in [0.25, 0.3) is 0 Å². The van der Waals surface area contributed by atoms with E-state index in [1.54, 1.807) is 6.20 Å². The molecule has 2 heterocycles. The summed E-state index contributed by atoms with van der Waals surface area (Å²) in [5.74, 6) is -0.841. The van der Waals surface area contributed by atoms with Crippen LogP contribution in [0, 0.1) is 0 Å². The first kappa shape index (κ1) is 17.0. The highest BCUT2D eigenvalue weighted by Gasteiger charge is 2.24. The number of ether oxygens (including phenoxy) is 1. The van der Waals surface area contributed by atoms with Gasteiger partial charge in [-0.25, -0.2) is 9.78 Å². The number of thiazole rings is 1. The van der Waals surface area contributed by atoms with Crippen molar-refractivity contribution in [3.8, 4) is 0 Å². The molecular formula is C20H15N3O3S. The number of benzene rings is 2. The number of anilines is 2. The van der Waals surface area contributed by atoms with Crippen LogP contribution in [0.2, 0.25) is 0 Å². The first-order chi connectivity index (χ1) is 13.2. The van der Waals surface area contributed by atoms with Gasteiger partial charge < -0.3 is 15.0 Å². The lowest BCUT2D eigenvalue weighted by Crippen LogP contribution is -2.06. The van der Waals surface area contributed by atoms with E-state index in [0.29, 0.717) is 10.6 Å². The maximum absolute atomic E-state index is 13.0. The first-order valence-electron chi connectivity index (χ1n) is 8.19. The van der Waals surface area contributed by atoms with Gasteiger partial charge >= 0.3 is 5.97 Å². The number of hydrogen-bond donors (Lipinski definition) is 2. The summed E-state index contributed by atoms with van der Waals surface area (Å²) in [6, 6.07) is 16.9. The Bertz CT molecular complexity index is 1130. The van der Waals surface area contributed by atoms with Gasteiger partial charge in [0.05, 0.1) is 12.7 Å². The Labute approximate surface area is 158 Å². The van der Waals surface area contributed by atoms with Gasteiger partial charge in [0, 0.05) is 22.8 Å². The van der Waals surface area contributed by atoms with Gasteiger partial charge in [0.15, 0.2) is 10.7 Å². The second-order valence-electron chi connectivity index (χ2n) is 5.76. The molecule has 0 amide bonds. The zero-order valence-electron chi connectivity index (χ0n) is 14.4.